The Morgan fingerprint density at radius 3 is 2.85 bits per heavy atom. The fourth-order valence-electron chi connectivity index (χ4n) is 2.37. The maximum Gasteiger partial charge on any atom is 0.242 e. The van der Waals surface area contributed by atoms with Crippen molar-refractivity contribution in [3.63, 3.8) is 0 Å². The smallest absolute Gasteiger partial charge is 0.242 e. The lowest BCUT2D eigenvalue weighted by molar-refractivity contribution is 0.281. The molecule has 7 heteroatoms. The molecule has 0 amide bonds. The van der Waals surface area contributed by atoms with Gasteiger partial charge >= 0.3 is 0 Å². The Labute approximate surface area is 124 Å². The third-order valence-corrected chi connectivity index (χ3v) is 5.55. The highest BCUT2D eigenvalue weighted by molar-refractivity contribution is 7.89. The highest BCUT2D eigenvalue weighted by Crippen LogP contribution is 2.23. The van der Waals surface area contributed by atoms with Gasteiger partial charge in [0.1, 0.15) is 4.90 Å². The summed E-state index contributed by atoms with van der Waals surface area (Å²) >= 11 is 5.95. The molecule has 0 saturated carbocycles. The van der Waals surface area contributed by atoms with Crippen molar-refractivity contribution in [3.05, 3.63) is 28.8 Å². The molecule has 1 unspecified atom stereocenters. The van der Waals surface area contributed by atoms with E-state index in [-0.39, 0.29) is 22.6 Å². The van der Waals surface area contributed by atoms with Crippen LogP contribution >= 0.6 is 11.6 Å². The van der Waals surface area contributed by atoms with Crippen LogP contribution in [0.1, 0.15) is 18.4 Å². The third-order valence-electron chi connectivity index (χ3n) is 3.65. The number of halogens is 1. The second-order valence-corrected chi connectivity index (χ2v) is 7.19. The van der Waals surface area contributed by atoms with Gasteiger partial charge in [0.15, 0.2) is 0 Å². The van der Waals surface area contributed by atoms with Gasteiger partial charge in [-0.3, -0.25) is 0 Å². The maximum atomic E-state index is 12.3. The SMILES string of the molecule is CN1CCCC1CNS(=O)(=O)c1cc(CO)ccc1Cl. The number of nitrogens with one attached hydrogen (secondary N) is 1. The van der Waals surface area contributed by atoms with Gasteiger partial charge in [-0.25, -0.2) is 13.1 Å². The van der Waals surface area contributed by atoms with Crippen LogP contribution in [0.3, 0.4) is 0 Å². The van der Waals surface area contributed by atoms with Crippen LogP contribution in [-0.2, 0) is 16.6 Å². The Balaban J connectivity index is 2.13. The second-order valence-electron chi connectivity index (χ2n) is 5.05. The van der Waals surface area contributed by atoms with Crippen molar-refractivity contribution in [2.75, 3.05) is 20.1 Å². The number of sulfonamides is 1. The van der Waals surface area contributed by atoms with Crippen LogP contribution < -0.4 is 4.72 Å². The van der Waals surface area contributed by atoms with Gasteiger partial charge in [-0.05, 0) is 44.1 Å². The Kier molecular flexibility index (Phi) is 5.04. The molecule has 1 saturated heterocycles. The minimum atomic E-state index is -3.65. The topological polar surface area (TPSA) is 69.6 Å². The summed E-state index contributed by atoms with van der Waals surface area (Å²) in [5, 5.41) is 9.25. The van der Waals surface area contributed by atoms with Crippen molar-refractivity contribution in [1.29, 1.82) is 0 Å². The largest absolute Gasteiger partial charge is 0.392 e. The first kappa shape index (κ1) is 15.7. The molecule has 1 atom stereocenters. The fourth-order valence-corrected chi connectivity index (χ4v) is 3.99. The minimum Gasteiger partial charge on any atom is -0.392 e. The van der Waals surface area contributed by atoms with E-state index < -0.39 is 10.0 Å². The summed E-state index contributed by atoms with van der Waals surface area (Å²) in [7, 11) is -1.66. The van der Waals surface area contributed by atoms with E-state index in [2.05, 4.69) is 9.62 Å². The number of hydrogen-bond donors (Lipinski definition) is 2. The molecule has 0 aliphatic carbocycles. The Bertz CT molecular complexity index is 577. The first-order valence-corrected chi connectivity index (χ1v) is 8.39. The van der Waals surface area contributed by atoms with E-state index in [9.17, 15) is 8.42 Å². The number of likely N-dealkylation sites (N-methyl/N-ethyl adjacent to an activating group) is 1. The second kappa shape index (κ2) is 6.41. The fraction of sp³-hybridized carbons (Fsp3) is 0.538. The molecule has 1 heterocycles. The molecule has 1 fully saturated rings. The lowest BCUT2D eigenvalue weighted by Gasteiger charge is -2.20. The molecule has 0 bridgehead atoms. The number of likely N-dealkylation sites (tertiary alicyclic amines) is 1. The molecule has 20 heavy (non-hydrogen) atoms. The molecule has 1 aliphatic heterocycles. The van der Waals surface area contributed by atoms with E-state index in [0.29, 0.717) is 12.1 Å². The molecular formula is C13H19ClN2O3S. The van der Waals surface area contributed by atoms with Gasteiger partial charge in [-0.2, -0.15) is 0 Å². The number of rotatable bonds is 5. The Morgan fingerprint density at radius 2 is 2.25 bits per heavy atom. The van der Waals surface area contributed by atoms with Gasteiger partial charge in [-0.1, -0.05) is 17.7 Å². The van der Waals surface area contributed by atoms with E-state index >= 15 is 0 Å². The molecule has 2 rings (SSSR count). The van der Waals surface area contributed by atoms with Gasteiger partial charge < -0.3 is 10.0 Å². The summed E-state index contributed by atoms with van der Waals surface area (Å²) in [6, 6.07) is 4.72. The predicted octanol–water partition coefficient (Wildman–Crippen LogP) is 1.20. The predicted molar refractivity (Wildman–Crippen MR) is 78.2 cm³/mol. The minimum absolute atomic E-state index is 0.0198. The van der Waals surface area contributed by atoms with Crippen LogP contribution in [0, 0.1) is 0 Å². The van der Waals surface area contributed by atoms with E-state index in [4.69, 9.17) is 16.7 Å². The number of benzene rings is 1. The number of nitrogens with zero attached hydrogens (tertiary/aromatic N) is 1. The van der Waals surface area contributed by atoms with E-state index in [1.54, 1.807) is 6.07 Å². The Morgan fingerprint density at radius 1 is 1.50 bits per heavy atom. The average molecular weight is 319 g/mol. The van der Waals surface area contributed by atoms with Crippen LogP contribution in [0.5, 0.6) is 0 Å². The van der Waals surface area contributed by atoms with Gasteiger partial charge in [0.25, 0.3) is 0 Å². The van der Waals surface area contributed by atoms with Crippen LogP contribution in [0.25, 0.3) is 0 Å². The lowest BCUT2D eigenvalue weighted by atomic mass is 10.2. The van der Waals surface area contributed by atoms with E-state index in [1.165, 1.54) is 12.1 Å². The molecule has 0 aromatic heterocycles. The van der Waals surface area contributed by atoms with Gasteiger partial charge in [0, 0.05) is 12.6 Å². The number of aliphatic hydroxyl groups is 1. The summed E-state index contributed by atoms with van der Waals surface area (Å²) < 4.78 is 27.2. The van der Waals surface area contributed by atoms with Crippen LogP contribution in [0.15, 0.2) is 23.1 Å². The summed E-state index contributed by atoms with van der Waals surface area (Å²) in [6.45, 7) is 1.15. The molecule has 112 valence electrons. The van der Waals surface area contributed by atoms with Crippen molar-refractivity contribution in [1.82, 2.24) is 9.62 Å². The van der Waals surface area contributed by atoms with Crippen molar-refractivity contribution >= 4 is 21.6 Å². The average Bonchev–Trinajstić information content (AvgIpc) is 2.82. The molecule has 1 aromatic carbocycles. The van der Waals surface area contributed by atoms with Gasteiger partial charge in [-0.15, -0.1) is 0 Å². The van der Waals surface area contributed by atoms with Crippen molar-refractivity contribution < 1.29 is 13.5 Å². The van der Waals surface area contributed by atoms with Crippen molar-refractivity contribution in [2.45, 2.75) is 30.4 Å². The van der Waals surface area contributed by atoms with E-state index in [0.717, 1.165) is 19.4 Å². The van der Waals surface area contributed by atoms with Crippen LogP contribution in [-0.4, -0.2) is 44.6 Å². The summed E-state index contributed by atoms with van der Waals surface area (Å²) in [5.74, 6) is 0. The summed E-state index contributed by atoms with van der Waals surface area (Å²) in [6.07, 6.45) is 2.08. The monoisotopic (exact) mass is 318 g/mol. The molecule has 2 N–H and O–H groups in total. The molecule has 1 aromatic rings. The molecule has 0 radical (unpaired) electrons. The highest BCUT2D eigenvalue weighted by Gasteiger charge is 2.24. The first-order chi connectivity index (χ1) is 9.44. The zero-order valence-corrected chi connectivity index (χ0v) is 12.9. The normalized spacial score (nSPS) is 20.4. The molecule has 5 nitrogen and oxygen atoms in total. The third kappa shape index (κ3) is 3.51. The van der Waals surface area contributed by atoms with Crippen LogP contribution in [0.4, 0.5) is 0 Å². The van der Waals surface area contributed by atoms with E-state index in [1.807, 2.05) is 7.05 Å². The standard InChI is InChI=1S/C13H19ClN2O3S/c1-16-6-2-3-11(16)8-15-20(18,19)13-7-10(9-17)4-5-12(13)14/h4-5,7,11,15,17H,2-3,6,8-9H2,1H3. The zero-order valence-electron chi connectivity index (χ0n) is 11.3. The first-order valence-electron chi connectivity index (χ1n) is 6.53. The Hall–Kier alpha value is -0.660. The van der Waals surface area contributed by atoms with Gasteiger partial charge in [0.2, 0.25) is 10.0 Å². The molecule has 1 aliphatic rings. The van der Waals surface area contributed by atoms with Gasteiger partial charge in [0.05, 0.1) is 11.6 Å². The number of aliphatic hydroxyl groups excluding tert-OH is 1. The maximum absolute atomic E-state index is 12.3. The van der Waals surface area contributed by atoms with Crippen LogP contribution in [0.2, 0.25) is 5.02 Å². The quantitative estimate of drug-likeness (QED) is 0.856. The molecular weight excluding hydrogens is 300 g/mol. The highest BCUT2D eigenvalue weighted by atomic mass is 35.5. The molecule has 0 spiro atoms. The summed E-state index contributed by atoms with van der Waals surface area (Å²) in [4.78, 5) is 2.17. The lowest BCUT2D eigenvalue weighted by Crippen LogP contribution is -2.38. The zero-order chi connectivity index (χ0) is 14.8. The van der Waals surface area contributed by atoms with Crippen molar-refractivity contribution in [3.8, 4) is 0 Å². The van der Waals surface area contributed by atoms with Crippen molar-refractivity contribution in [2.24, 2.45) is 0 Å². The number of hydrogen-bond acceptors (Lipinski definition) is 4. The summed E-state index contributed by atoms with van der Waals surface area (Å²) in [5.41, 5.74) is 0.521.